The molecule has 0 atom stereocenters. The molecule has 5 heteroatoms. The Balaban J connectivity index is 2.74. The van der Waals surface area contributed by atoms with Crippen molar-refractivity contribution in [3.05, 3.63) is 23.1 Å². The van der Waals surface area contributed by atoms with E-state index in [0.717, 1.165) is 17.6 Å². The molecule has 2 heterocycles. The highest BCUT2D eigenvalue weighted by Crippen LogP contribution is 2.29. The molecule has 0 bridgehead atoms. The van der Waals surface area contributed by atoms with E-state index >= 15 is 0 Å². The Morgan fingerprint density at radius 3 is 2.75 bits per heavy atom. The zero-order valence-electron chi connectivity index (χ0n) is 9.66. The number of hydrogen-bond donors (Lipinski definition) is 1. The minimum absolute atomic E-state index is 0.0382. The summed E-state index contributed by atoms with van der Waals surface area (Å²) in [5.74, 6) is 0.415. The molecule has 0 radical (unpaired) electrons. The van der Waals surface area contributed by atoms with Crippen molar-refractivity contribution < 1.29 is 0 Å². The van der Waals surface area contributed by atoms with Crippen molar-refractivity contribution in [3.63, 3.8) is 0 Å². The van der Waals surface area contributed by atoms with Gasteiger partial charge in [0, 0.05) is 11.1 Å². The highest BCUT2D eigenvalue weighted by Gasteiger charge is 2.23. The number of fused-ring (bicyclic) bond motifs is 1. The van der Waals surface area contributed by atoms with Gasteiger partial charge >= 0.3 is 0 Å². The lowest BCUT2D eigenvalue weighted by Crippen LogP contribution is -2.19. The molecule has 0 amide bonds. The van der Waals surface area contributed by atoms with Crippen LogP contribution >= 0.6 is 11.6 Å². The van der Waals surface area contributed by atoms with E-state index in [0.29, 0.717) is 5.82 Å². The Labute approximate surface area is 99.4 Å². The highest BCUT2D eigenvalue weighted by atomic mass is 35.5. The summed E-state index contributed by atoms with van der Waals surface area (Å²) < 4.78 is 1.79. The number of anilines is 1. The number of nitrogens with zero attached hydrogens (tertiary/aromatic N) is 3. The van der Waals surface area contributed by atoms with Crippen LogP contribution in [0.5, 0.6) is 0 Å². The summed E-state index contributed by atoms with van der Waals surface area (Å²) in [5.41, 5.74) is 7.74. The van der Waals surface area contributed by atoms with Crippen LogP contribution in [0.1, 0.15) is 32.9 Å². The third-order valence-electron chi connectivity index (χ3n) is 3.09. The van der Waals surface area contributed by atoms with Crippen LogP contribution in [0.25, 0.3) is 5.52 Å². The van der Waals surface area contributed by atoms with Crippen LogP contribution in [0.2, 0.25) is 5.28 Å². The average molecular weight is 239 g/mol. The maximum atomic E-state index is 5.82. The third-order valence-corrected chi connectivity index (χ3v) is 3.25. The summed E-state index contributed by atoms with van der Waals surface area (Å²) in [7, 11) is 0. The lowest BCUT2D eigenvalue weighted by molar-refractivity contribution is 0.478. The molecular weight excluding hydrogens is 224 g/mol. The van der Waals surface area contributed by atoms with E-state index in [1.165, 1.54) is 0 Å². The van der Waals surface area contributed by atoms with Gasteiger partial charge in [-0.1, -0.05) is 20.8 Å². The molecule has 0 aliphatic carbocycles. The van der Waals surface area contributed by atoms with E-state index in [1.807, 2.05) is 12.1 Å². The van der Waals surface area contributed by atoms with Crippen LogP contribution in [0, 0.1) is 0 Å². The van der Waals surface area contributed by atoms with Gasteiger partial charge in [0.1, 0.15) is 5.52 Å². The topological polar surface area (TPSA) is 56.2 Å². The molecule has 0 spiro atoms. The summed E-state index contributed by atoms with van der Waals surface area (Å²) in [6, 6.07) is 3.96. The van der Waals surface area contributed by atoms with Crippen LogP contribution in [-0.4, -0.2) is 14.6 Å². The predicted octanol–water partition coefficient (Wildman–Crippen LogP) is 2.65. The smallest absolute Gasteiger partial charge is 0.243 e. The summed E-state index contributed by atoms with van der Waals surface area (Å²) in [4.78, 5) is 3.93. The molecule has 2 rings (SSSR count). The van der Waals surface area contributed by atoms with Gasteiger partial charge in [0.2, 0.25) is 5.28 Å². The number of nitrogen functional groups attached to an aromatic ring is 1. The quantitative estimate of drug-likeness (QED) is 0.875. The van der Waals surface area contributed by atoms with Gasteiger partial charge in [-0.2, -0.15) is 4.98 Å². The minimum Gasteiger partial charge on any atom is -0.382 e. The molecule has 86 valence electrons. The van der Waals surface area contributed by atoms with E-state index in [1.54, 1.807) is 4.52 Å². The molecule has 2 aromatic rings. The summed E-state index contributed by atoms with van der Waals surface area (Å²) in [6.45, 7) is 6.48. The van der Waals surface area contributed by atoms with Crippen LogP contribution in [-0.2, 0) is 5.41 Å². The van der Waals surface area contributed by atoms with Crippen molar-refractivity contribution in [2.45, 2.75) is 32.6 Å². The molecule has 0 aliphatic rings. The van der Waals surface area contributed by atoms with Crippen LogP contribution in [0.3, 0.4) is 0 Å². The number of halogens is 1. The van der Waals surface area contributed by atoms with Crippen molar-refractivity contribution in [2.24, 2.45) is 0 Å². The van der Waals surface area contributed by atoms with Crippen LogP contribution in [0.4, 0.5) is 5.82 Å². The Kier molecular flexibility index (Phi) is 2.54. The number of aromatic nitrogens is 3. The number of nitrogens with two attached hydrogens (primary N) is 1. The molecule has 0 aromatic carbocycles. The third kappa shape index (κ3) is 1.63. The van der Waals surface area contributed by atoms with Crippen molar-refractivity contribution in [1.29, 1.82) is 0 Å². The van der Waals surface area contributed by atoms with Gasteiger partial charge in [-0.3, -0.25) is 0 Å². The Morgan fingerprint density at radius 1 is 1.44 bits per heavy atom. The Morgan fingerprint density at radius 2 is 2.12 bits per heavy atom. The minimum atomic E-state index is 0.0382. The van der Waals surface area contributed by atoms with Crippen molar-refractivity contribution in [2.75, 3.05) is 5.73 Å². The van der Waals surface area contributed by atoms with Crippen LogP contribution < -0.4 is 5.73 Å². The number of hydrogen-bond acceptors (Lipinski definition) is 3. The molecule has 4 nitrogen and oxygen atoms in total. The first kappa shape index (κ1) is 11.2. The first-order valence-corrected chi connectivity index (χ1v) is 5.64. The monoisotopic (exact) mass is 238 g/mol. The van der Waals surface area contributed by atoms with Crippen molar-refractivity contribution >= 4 is 22.9 Å². The first-order valence-electron chi connectivity index (χ1n) is 5.27. The maximum absolute atomic E-state index is 5.82. The van der Waals surface area contributed by atoms with Gasteiger partial charge in [0.25, 0.3) is 0 Å². The number of rotatable bonds is 2. The highest BCUT2D eigenvalue weighted by molar-refractivity contribution is 6.28. The predicted molar refractivity (Wildman–Crippen MR) is 65.7 cm³/mol. The van der Waals surface area contributed by atoms with Crippen molar-refractivity contribution in [3.8, 4) is 0 Å². The largest absolute Gasteiger partial charge is 0.382 e. The van der Waals surface area contributed by atoms with E-state index < -0.39 is 0 Å². The zero-order valence-corrected chi connectivity index (χ0v) is 10.4. The first-order chi connectivity index (χ1) is 7.45. The van der Waals surface area contributed by atoms with Gasteiger partial charge < -0.3 is 5.73 Å². The molecule has 2 aromatic heterocycles. The van der Waals surface area contributed by atoms with E-state index in [2.05, 4.69) is 30.9 Å². The Bertz CT molecular complexity index is 530. The van der Waals surface area contributed by atoms with E-state index in [-0.39, 0.29) is 10.7 Å². The summed E-state index contributed by atoms with van der Waals surface area (Å²) in [6.07, 6.45) is 1.01. The second kappa shape index (κ2) is 3.63. The molecule has 16 heavy (non-hydrogen) atoms. The lowest BCUT2D eigenvalue weighted by atomic mass is 9.87. The van der Waals surface area contributed by atoms with Crippen molar-refractivity contribution in [1.82, 2.24) is 14.6 Å². The molecule has 0 fully saturated rings. The SMILES string of the molecule is CCC(C)(C)c1ccc2c(N)nc(Cl)nn12. The van der Waals surface area contributed by atoms with Gasteiger partial charge in [0.15, 0.2) is 5.82 Å². The fraction of sp³-hybridized carbons (Fsp3) is 0.455. The normalized spacial score (nSPS) is 12.2. The van der Waals surface area contributed by atoms with Gasteiger partial charge in [0.05, 0.1) is 0 Å². The fourth-order valence-corrected chi connectivity index (χ4v) is 1.85. The van der Waals surface area contributed by atoms with Crippen LogP contribution in [0.15, 0.2) is 12.1 Å². The fourth-order valence-electron chi connectivity index (χ4n) is 1.69. The molecule has 0 unspecified atom stereocenters. The maximum Gasteiger partial charge on any atom is 0.243 e. The van der Waals surface area contributed by atoms with E-state index in [4.69, 9.17) is 17.3 Å². The average Bonchev–Trinajstić information content (AvgIpc) is 2.62. The second-order valence-corrected chi connectivity index (χ2v) is 4.86. The van der Waals surface area contributed by atoms with E-state index in [9.17, 15) is 0 Å². The zero-order chi connectivity index (χ0) is 11.9. The molecule has 0 aliphatic heterocycles. The molecule has 0 saturated carbocycles. The second-order valence-electron chi connectivity index (χ2n) is 4.52. The van der Waals surface area contributed by atoms with Gasteiger partial charge in [-0.05, 0) is 30.2 Å². The molecular formula is C11H15ClN4. The summed E-state index contributed by atoms with van der Waals surface area (Å²) in [5, 5.41) is 4.38. The summed E-state index contributed by atoms with van der Waals surface area (Å²) >= 11 is 5.82. The molecule has 2 N–H and O–H groups in total. The lowest BCUT2D eigenvalue weighted by Gasteiger charge is -2.22. The van der Waals surface area contributed by atoms with Gasteiger partial charge in [-0.15, -0.1) is 5.10 Å². The van der Waals surface area contributed by atoms with Gasteiger partial charge in [-0.25, -0.2) is 4.52 Å². The Hall–Kier alpha value is -1.29. The standard InChI is InChI=1S/C11H15ClN4/c1-4-11(2,3)8-6-5-7-9(13)14-10(12)15-16(7)8/h5-6H,4H2,1-3H3,(H2,13,14,15). The molecule has 0 saturated heterocycles.